The van der Waals surface area contributed by atoms with E-state index in [1.54, 1.807) is 0 Å². The molecule has 0 aliphatic carbocycles. The largest absolute Gasteiger partial charge is 0.744 e. The van der Waals surface area contributed by atoms with Crippen LogP contribution in [-0.4, -0.2) is 65.8 Å². The molecule has 0 heterocycles. The molecule has 1 aromatic rings. The maximum absolute atomic E-state index is 10.6. The molecule has 27 heavy (non-hydrogen) atoms. The number of carboxylic acids is 2. The fourth-order valence-corrected chi connectivity index (χ4v) is 3.17. The minimum Gasteiger partial charge on any atom is -0.744 e. The number of carbonyl (C=O) groups is 2. The molecule has 0 saturated carbocycles. The van der Waals surface area contributed by atoms with E-state index in [2.05, 4.69) is 27.7 Å². The van der Waals surface area contributed by atoms with Gasteiger partial charge in [0.15, 0.2) is 0 Å². The van der Waals surface area contributed by atoms with Gasteiger partial charge in [-0.05, 0) is 45.4 Å². The molecule has 0 atom stereocenters. The van der Waals surface area contributed by atoms with Gasteiger partial charge >= 0.3 is 11.9 Å². The predicted octanol–water partition coefficient (Wildman–Crippen LogP) is 2.65. The first kappa shape index (κ1) is 25.0. The van der Waals surface area contributed by atoms with Crippen LogP contribution < -0.4 is 0 Å². The average molecular weight is 403 g/mol. The van der Waals surface area contributed by atoms with Crippen LogP contribution in [0.5, 0.6) is 0 Å². The number of rotatable bonds is 9. The Balaban J connectivity index is 0.000000541. The Kier molecular flexibility index (Phi) is 10.2. The van der Waals surface area contributed by atoms with Gasteiger partial charge in [-0.1, -0.05) is 13.3 Å². The third kappa shape index (κ3) is 8.06. The van der Waals surface area contributed by atoms with E-state index in [9.17, 15) is 22.6 Å². The van der Waals surface area contributed by atoms with Gasteiger partial charge in [-0.2, -0.15) is 0 Å². The van der Waals surface area contributed by atoms with E-state index in [-0.39, 0.29) is 0 Å². The third-order valence-electron chi connectivity index (χ3n) is 4.69. The lowest BCUT2D eigenvalue weighted by Crippen LogP contribution is -2.48. The number of nitrogens with zero attached hydrogens (tertiary/aromatic N) is 1. The van der Waals surface area contributed by atoms with Crippen molar-refractivity contribution in [2.24, 2.45) is 0 Å². The SMILES string of the molecule is CCCC[N+](CC)(CC)CC.O=C(O)c1cc(C(=O)O)cc(S(=O)(=O)[O-])c1. The van der Waals surface area contributed by atoms with Gasteiger partial charge < -0.3 is 19.2 Å². The lowest BCUT2D eigenvalue weighted by molar-refractivity contribution is -0.923. The van der Waals surface area contributed by atoms with Crippen molar-refractivity contribution in [1.82, 2.24) is 0 Å². The Hall–Kier alpha value is -1.97. The van der Waals surface area contributed by atoms with Crippen molar-refractivity contribution in [2.45, 2.75) is 45.4 Å². The van der Waals surface area contributed by atoms with Gasteiger partial charge in [0, 0.05) is 0 Å². The lowest BCUT2D eigenvalue weighted by Gasteiger charge is -2.35. The number of hydrogen-bond acceptors (Lipinski definition) is 5. The average Bonchev–Trinajstić information content (AvgIpc) is 2.62. The molecule has 9 heteroatoms. The Labute approximate surface area is 160 Å². The van der Waals surface area contributed by atoms with Crippen molar-refractivity contribution in [2.75, 3.05) is 26.2 Å². The molecule has 8 nitrogen and oxygen atoms in total. The van der Waals surface area contributed by atoms with Crippen LogP contribution >= 0.6 is 0 Å². The molecule has 0 aromatic heterocycles. The molecule has 0 bridgehead atoms. The van der Waals surface area contributed by atoms with Crippen molar-refractivity contribution in [1.29, 1.82) is 0 Å². The summed E-state index contributed by atoms with van der Waals surface area (Å²) < 4.78 is 33.2. The summed E-state index contributed by atoms with van der Waals surface area (Å²) in [5, 5.41) is 17.2. The summed E-state index contributed by atoms with van der Waals surface area (Å²) in [6.07, 6.45) is 2.72. The van der Waals surface area contributed by atoms with Gasteiger partial charge in [0.2, 0.25) is 0 Å². The highest BCUT2D eigenvalue weighted by atomic mass is 32.2. The summed E-state index contributed by atoms with van der Waals surface area (Å²) in [7, 11) is -4.89. The third-order valence-corrected chi connectivity index (χ3v) is 5.50. The second-order valence-corrected chi connectivity index (χ2v) is 7.56. The van der Waals surface area contributed by atoms with Crippen LogP contribution in [0.1, 0.15) is 61.3 Å². The molecular weight excluding hydrogens is 374 g/mol. The van der Waals surface area contributed by atoms with E-state index >= 15 is 0 Å². The molecule has 0 radical (unpaired) electrons. The van der Waals surface area contributed by atoms with Crippen molar-refractivity contribution < 1.29 is 37.3 Å². The highest BCUT2D eigenvalue weighted by Crippen LogP contribution is 2.15. The van der Waals surface area contributed by atoms with Gasteiger partial charge in [0.25, 0.3) is 0 Å². The summed E-state index contributed by atoms with van der Waals surface area (Å²) in [5.74, 6) is -3.04. The second kappa shape index (κ2) is 11.0. The zero-order chi connectivity index (χ0) is 21.3. The fourth-order valence-electron chi connectivity index (χ4n) is 2.63. The van der Waals surface area contributed by atoms with Crippen LogP contribution in [0.15, 0.2) is 23.1 Å². The Morgan fingerprint density at radius 3 is 1.59 bits per heavy atom. The molecule has 0 amide bonds. The van der Waals surface area contributed by atoms with Crippen LogP contribution in [0, 0.1) is 0 Å². The van der Waals surface area contributed by atoms with Crippen LogP contribution in [0.3, 0.4) is 0 Å². The van der Waals surface area contributed by atoms with E-state index in [4.69, 9.17) is 10.2 Å². The highest BCUT2D eigenvalue weighted by molar-refractivity contribution is 7.85. The monoisotopic (exact) mass is 403 g/mol. The lowest BCUT2D eigenvalue weighted by atomic mass is 10.1. The molecule has 0 fully saturated rings. The summed E-state index contributed by atoms with van der Waals surface area (Å²) in [5.41, 5.74) is -1.15. The van der Waals surface area contributed by atoms with Crippen molar-refractivity contribution in [3.63, 3.8) is 0 Å². The second-order valence-electron chi connectivity index (χ2n) is 6.18. The summed E-state index contributed by atoms with van der Waals surface area (Å²) >= 11 is 0. The van der Waals surface area contributed by atoms with Crippen molar-refractivity contribution in [3.8, 4) is 0 Å². The first-order valence-electron chi connectivity index (χ1n) is 8.88. The normalized spacial score (nSPS) is 11.4. The minimum atomic E-state index is -4.89. The van der Waals surface area contributed by atoms with Gasteiger partial charge in [0.1, 0.15) is 10.1 Å². The number of aromatic carboxylic acids is 2. The maximum atomic E-state index is 10.6. The highest BCUT2D eigenvalue weighted by Gasteiger charge is 2.18. The van der Waals surface area contributed by atoms with E-state index in [1.165, 1.54) is 43.5 Å². The van der Waals surface area contributed by atoms with E-state index in [0.29, 0.717) is 12.1 Å². The quantitative estimate of drug-likeness (QED) is 0.478. The molecular formula is C18H29NO7S. The smallest absolute Gasteiger partial charge is 0.335 e. The Bertz CT molecular complexity index is 700. The number of hydrogen-bond donors (Lipinski definition) is 2. The number of carboxylic acid groups (broad SMARTS) is 2. The van der Waals surface area contributed by atoms with E-state index in [0.717, 1.165) is 6.07 Å². The molecule has 0 saturated heterocycles. The van der Waals surface area contributed by atoms with Crippen molar-refractivity contribution >= 4 is 22.1 Å². The van der Waals surface area contributed by atoms with Crippen LogP contribution in [0.25, 0.3) is 0 Å². The topological polar surface area (TPSA) is 132 Å². The molecule has 0 unspecified atom stereocenters. The first-order chi connectivity index (χ1) is 12.5. The zero-order valence-corrected chi connectivity index (χ0v) is 17.1. The van der Waals surface area contributed by atoms with Crippen LogP contribution in [0.2, 0.25) is 0 Å². The first-order valence-corrected chi connectivity index (χ1v) is 10.3. The number of unbranched alkanes of at least 4 members (excludes halogenated alkanes) is 1. The molecule has 2 N–H and O–H groups in total. The van der Waals surface area contributed by atoms with Gasteiger partial charge in [-0.3, -0.25) is 0 Å². The Morgan fingerprint density at radius 1 is 0.926 bits per heavy atom. The fraction of sp³-hybridized carbons (Fsp3) is 0.556. The maximum Gasteiger partial charge on any atom is 0.335 e. The zero-order valence-electron chi connectivity index (χ0n) is 16.3. The molecule has 154 valence electrons. The summed E-state index contributed by atoms with van der Waals surface area (Å²) in [4.78, 5) is 20.2. The molecule has 0 spiro atoms. The molecule has 0 aliphatic rings. The standard InChI is InChI=1S/C10H24N.C8H6O7S/c1-5-9-10-11(6-2,7-3)8-4;9-7(10)4-1-5(8(11)12)3-6(2-4)16(13,14)15/h5-10H2,1-4H3;1-3H,(H,9,10)(H,11,12)(H,13,14,15)/q+1;/p-1. The van der Waals surface area contributed by atoms with E-state index in [1.807, 2.05) is 0 Å². The number of benzene rings is 1. The van der Waals surface area contributed by atoms with Crippen molar-refractivity contribution in [3.05, 3.63) is 29.3 Å². The van der Waals surface area contributed by atoms with Crippen LogP contribution in [0.4, 0.5) is 0 Å². The summed E-state index contributed by atoms with van der Waals surface area (Å²) in [6, 6.07) is 1.98. The van der Waals surface area contributed by atoms with Gasteiger partial charge in [0.05, 0.1) is 42.2 Å². The number of quaternary nitrogens is 1. The molecule has 1 rings (SSSR count). The van der Waals surface area contributed by atoms with Gasteiger partial charge in [-0.15, -0.1) is 0 Å². The van der Waals surface area contributed by atoms with E-state index < -0.39 is 38.1 Å². The minimum absolute atomic E-state index is 0.575. The predicted molar refractivity (Wildman–Crippen MR) is 100.0 cm³/mol. The Morgan fingerprint density at radius 2 is 1.33 bits per heavy atom. The van der Waals surface area contributed by atoms with Crippen LogP contribution in [-0.2, 0) is 10.1 Å². The summed E-state index contributed by atoms with van der Waals surface area (Å²) in [6.45, 7) is 14.5. The molecule has 1 aromatic carbocycles. The van der Waals surface area contributed by atoms with Gasteiger partial charge in [-0.25, -0.2) is 18.0 Å². The molecule has 0 aliphatic heterocycles.